The van der Waals surface area contributed by atoms with E-state index in [4.69, 9.17) is 23.1 Å². The van der Waals surface area contributed by atoms with Crippen molar-refractivity contribution < 1.29 is 14.6 Å². The zero-order chi connectivity index (χ0) is 13.9. The Balaban J connectivity index is 3.22. The average molecular weight is 278 g/mol. The third-order valence-corrected chi connectivity index (χ3v) is 3.32. The van der Waals surface area contributed by atoms with Crippen LogP contribution in [0.5, 0.6) is 0 Å². The number of hydrogen-bond acceptors (Lipinski definition) is 5. The average Bonchev–Trinajstić information content (AvgIpc) is 2.37. The third kappa shape index (κ3) is 2.60. The Morgan fingerprint density at radius 2 is 1.89 bits per heavy atom. The van der Waals surface area contributed by atoms with Gasteiger partial charge in [-0.3, -0.25) is 0 Å². The van der Waals surface area contributed by atoms with Gasteiger partial charge < -0.3 is 27.0 Å². The molecule has 0 unspecified atom stereocenters. The minimum atomic E-state index is -1.06. The Morgan fingerprint density at radius 1 is 1.33 bits per heavy atom. The number of hydrogen-bond donors (Lipinski definition) is 5. The maximum absolute atomic E-state index is 13.9. The number of benzene rings is 1. The van der Waals surface area contributed by atoms with Gasteiger partial charge in [0.1, 0.15) is 5.02 Å². The zero-order valence-electron chi connectivity index (χ0n) is 10.0. The minimum Gasteiger partial charge on any atom is -0.397 e. The van der Waals surface area contributed by atoms with Gasteiger partial charge in [0.25, 0.3) is 0 Å². The van der Waals surface area contributed by atoms with Gasteiger partial charge in [-0.15, -0.1) is 0 Å². The molecular weight excluding hydrogens is 261 g/mol. The van der Waals surface area contributed by atoms with E-state index in [9.17, 15) is 14.6 Å². The predicted octanol–water partition coefficient (Wildman–Crippen LogP) is 1.19. The van der Waals surface area contributed by atoms with Crippen molar-refractivity contribution >= 4 is 28.7 Å². The molecule has 0 fully saturated rings. The van der Waals surface area contributed by atoms with Crippen LogP contribution in [0.2, 0.25) is 5.02 Å². The van der Waals surface area contributed by atoms with Crippen molar-refractivity contribution in [2.24, 2.45) is 0 Å². The minimum absolute atomic E-state index is 0.0345. The molecular formula is C11H17ClFN3O2. The van der Waals surface area contributed by atoms with Crippen LogP contribution < -0.4 is 16.8 Å². The number of nitrogens with one attached hydrogen (secondary N) is 1. The first-order valence-corrected chi connectivity index (χ1v) is 5.81. The van der Waals surface area contributed by atoms with Crippen LogP contribution in [0.3, 0.4) is 0 Å². The van der Waals surface area contributed by atoms with Gasteiger partial charge in [0.05, 0.1) is 35.8 Å². The van der Waals surface area contributed by atoms with E-state index in [1.165, 1.54) is 6.07 Å². The van der Waals surface area contributed by atoms with Gasteiger partial charge in [0.15, 0.2) is 5.82 Å². The molecule has 0 heterocycles. The van der Waals surface area contributed by atoms with Crippen molar-refractivity contribution in [3.8, 4) is 0 Å². The third-order valence-electron chi connectivity index (χ3n) is 2.94. The molecule has 0 aliphatic carbocycles. The molecule has 0 saturated carbocycles. The van der Waals surface area contributed by atoms with Gasteiger partial charge in [0.2, 0.25) is 0 Å². The summed E-state index contributed by atoms with van der Waals surface area (Å²) in [5, 5.41) is 21.1. The van der Waals surface area contributed by atoms with Crippen LogP contribution in [0, 0.1) is 5.82 Å². The summed E-state index contributed by atoms with van der Waals surface area (Å²) in [4.78, 5) is 0. The van der Waals surface area contributed by atoms with Crippen molar-refractivity contribution in [3.63, 3.8) is 0 Å². The molecule has 0 saturated heterocycles. The predicted molar refractivity (Wildman–Crippen MR) is 71.1 cm³/mol. The molecule has 0 atom stereocenters. The quantitative estimate of drug-likeness (QED) is 0.520. The van der Waals surface area contributed by atoms with E-state index in [1.54, 1.807) is 6.92 Å². The summed E-state index contributed by atoms with van der Waals surface area (Å²) >= 11 is 5.69. The molecule has 0 aliphatic heterocycles. The molecule has 7 heteroatoms. The number of nitrogen functional groups attached to an aromatic ring is 2. The highest BCUT2D eigenvalue weighted by molar-refractivity contribution is 6.33. The highest BCUT2D eigenvalue weighted by Gasteiger charge is 2.29. The Hall–Kier alpha value is -1.24. The second-order valence-corrected chi connectivity index (χ2v) is 4.51. The van der Waals surface area contributed by atoms with Crippen molar-refractivity contribution in [2.45, 2.75) is 18.9 Å². The Labute approximate surface area is 110 Å². The summed E-state index contributed by atoms with van der Waals surface area (Å²) in [6.07, 6.45) is 0.376. The lowest BCUT2D eigenvalue weighted by Crippen LogP contribution is -2.45. The molecule has 1 aromatic carbocycles. The van der Waals surface area contributed by atoms with E-state index in [0.29, 0.717) is 6.42 Å². The first kappa shape index (κ1) is 14.8. The first-order chi connectivity index (χ1) is 8.40. The number of aliphatic hydroxyl groups excluding tert-OH is 2. The monoisotopic (exact) mass is 277 g/mol. The maximum atomic E-state index is 13.9. The van der Waals surface area contributed by atoms with E-state index in [0.717, 1.165) is 0 Å². The number of anilines is 3. The number of nitrogens with two attached hydrogens (primary N) is 2. The summed E-state index contributed by atoms with van der Waals surface area (Å²) in [6, 6.07) is 1.32. The molecule has 0 spiro atoms. The van der Waals surface area contributed by atoms with Gasteiger partial charge >= 0.3 is 0 Å². The van der Waals surface area contributed by atoms with Crippen LogP contribution >= 0.6 is 11.6 Å². The molecule has 0 aliphatic rings. The van der Waals surface area contributed by atoms with Crippen LogP contribution in [0.4, 0.5) is 21.5 Å². The second-order valence-electron chi connectivity index (χ2n) is 4.13. The van der Waals surface area contributed by atoms with Crippen LogP contribution in [-0.2, 0) is 0 Å². The van der Waals surface area contributed by atoms with E-state index in [-0.39, 0.29) is 35.3 Å². The molecule has 1 rings (SSSR count). The maximum Gasteiger partial charge on any atom is 0.169 e. The molecule has 5 nitrogen and oxygen atoms in total. The van der Waals surface area contributed by atoms with Crippen LogP contribution in [-0.4, -0.2) is 29.0 Å². The van der Waals surface area contributed by atoms with Crippen molar-refractivity contribution in [1.29, 1.82) is 0 Å². The fourth-order valence-corrected chi connectivity index (χ4v) is 1.65. The lowest BCUT2D eigenvalue weighted by atomic mass is 9.97. The van der Waals surface area contributed by atoms with E-state index in [1.807, 2.05) is 0 Å². The zero-order valence-corrected chi connectivity index (χ0v) is 10.8. The summed E-state index contributed by atoms with van der Waals surface area (Å²) in [5.74, 6) is -0.797. The summed E-state index contributed by atoms with van der Waals surface area (Å²) in [6.45, 7) is 0.994. The van der Waals surface area contributed by atoms with Crippen LogP contribution in [0.15, 0.2) is 6.07 Å². The topological polar surface area (TPSA) is 105 Å². The lowest BCUT2D eigenvalue weighted by molar-refractivity contribution is 0.132. The SMILES string of the molecule is CCC(CO)(CO)Nc1c(N)cc(N)c(Cl)c1F. The summed E-state index contributed by atoms with van der Waals surface area (Å²) in [7, 11) is 0. The van der Waals surface area contributed by atoms with E-state index in [2.05, 4.69) is 5.32 Å². The molecule has 102 valence electrons. The number of halogens is 2. The Kier molecular flexibility index (Phi) is 4.61. The molecule has 0 aromatic heterocycles. The number of rotatable bonds is 5. The van der Waals surface area contributed by atoms with E-state index < -0.39 is 11.4 Å². The first-order valence-electron chi connectivity index (χ1n) is 5.43. The summed E-state index contributed by atoms with van der Waals surface area (Å²) < 4.78 is 13.9. The second kappa shape index (κ2) is 5.60. The Morgan fingerprint density at radius 3 is 2.33 bits per heavy atom. The van der Waals surface area contributed by atoms with Gasteiger partial charge in [-0.1, -0.05) is 18.5 Å². The highest BCUT2D eigenvalue weighted by atomic mass is 35.5. The molecule has 7 N–H and O–H groups in total. The van der Waals surface area contributed by atoms with Crippen LogP contribution in [0.1, 0.15) is 13.3 Å². The van der Waals surface area contributed by atoms with Crippen LogP contribution in [0.25, 0.3) is 0 Å². The van der Waals surface area contributed by atoms with Gasteiger partial charge in [0, 0.05) is 0 Å². The molecule has 18 heavy (non-hydrogen) atoms. The van der Waals surface area contributed by atoms with Crippen molar-refractivity contribution in [2.75, 3.05) is 30.0 Å². The van der Waals surface area contributed by atoms with Crippen molar-refractivity contribution in [3.05, 3.63) is 16.9 Å². The highest BCUT2D eigenvalue weighted by Crippen LogP contribution is 2.35. The lowest BCUT2D eigenvalue weighted by Gasteiger charge is -2.31. The van der Waals surface area contributed by atoms with Gasteiger partial charge in [-0.25, -0.2) is 4.39 Å². The number of aliphatic hydroxyl groups is 2. The largest absolute Gasteiger partial charge is 0.397 e. The van der Waals surface area contributed by atoms with Gasteiger partial charge in [-0.05, 0) is 12.5 Å². The smallest absolute Gasteiger partial charge is 0.169 e. The van der Waals surface area contributed by atoms with E-state index >= 15 is 0 Å². The van der Waals surface area contributed by atoms with Gasteiger partial charge in [-0.2, -0.15) is 0 Å². The molecule has 1 aromatic rings. The molecule has 0 radical (unpaired) electrons. The summed E-state index contributed by atoms with van der Waals surface area (Å²) in [5.41, 5.74) is 10.1. The molecule has 0 bridgehead atoms. The van der Waals surface area contributed by atoms with Crippen molar-refractivity contribution in [1.82, 2.24) is 0 Å². The fourth-order valence-electron chi connectivity index (χ4n) is 1.50. The Bertz CT molecular complexity index is 431. The standard InChI is InChI=1S/C11H17ClFN3O2/c1-2-11(4-17,5-18)16-10-7(15)3-6(14)8(12)9(10)13/h3,16-18H,2,4-5,14-15H2,1H3. The molecule has 0 amide bonds. The normalized spacial score (nSPS) is 11.6. The fraction of sp³-hybridized carbons (Fsp3) is 0.455.